The number of nitrogens with one attached hydrogen (secondary N) is 1. The molecule has 0 unspecified atom stereocenters. The van der Waals surface area contributed by atoms with Crippen LogP contribution in [0.5, 0.6) is 0 Å². The Balaban J connectivity index is 1.41. The number of rotatable bonds is 3. The maximum atomic E-state index is 12.8. The van der Waals surface area contributed by atoms with Crippen molar-refractivity contribution in [1.82, 2.24) is 14.5 Å². The third kappa shape index (κ3) is 4.68. The highest BCUT2D eigenvalue weighted by molar-refractivity contribution is 5.75. The van der Waals surface area contributed by atoms with E-state index < -0.39 is 0 Å². The minimum absolute atomic E-state index is 0.0439. The summed E-state index contributed by atoms with van der Waals surface area (Å²) in [7, 11) is 0. The molecule has 4 nitrogen and oxygen atoms in total. The Morgan fingerprint density at radius 3 is 1.97 bits per heavy atom. The van der Waals surface area contributed by atoms with Crippen LogP contribution in [0.25, 0.3) is 11.0 Å². The van der Waals surface area contributed by atoms with E-state index in [0.717, 1.165) is 37.0 Å². The molecule has 1 aliphatic carbocycles. The van der Waals surface area contributed by atoms with Crippen molar-refractivity contribution in [2.75, 3.05) is 13.1 Å². The fourth-order valence-electron chi connectivity index (χ4n) is 6.55. The minimum atomic E-state index is 0.0439. The molecule has 1 aliphatic heterocycles. The van der Waals surface area contributed by atoms with Gasteiger partial charge < -0.3 is 4.98 Å². The third-order valence-corrected chi connectivity index (χ3v) is 8.30. The zero-order chi connectivity index (χ0) is 22.5. The van der Waals surface area contributed by atoms with Crippen molar-refractivity contribution in [3.63, 3.8) is 0 Å². The first-order valence-electron chi connectivity index (χ1n) is 13.3. The van der Waals surface area contributed by atoms with Gasteiger partial charge in [0.1, 0.15) is 0 Å². The number of benzene rings is 2. The van der Waals surface area contributed by atoms with Crippen LogP contribution < -0.4 is 5.69 Å². The molecule has 1 saturated heterocycles. The van der Waals surface area contributed by atoms with Crippen molar-refractivity contribution >= 4 is 11.0 Å². The van der Waals surface area contributed by atoms with Gasteiger partial charge in [-0.1, -0.05) is 93.8 Å². The number of H-pyrrole nitrogens is 1. The van der Waals surface area contributed by atoms with E-state index in [1.807, 2.05) is 22.8 Å². The highest BCUT2D eigenvalue weighted by Gasteiger charge is 2.39. The molecule has 176 valence electrons. The minimum Gasteiger partial charge on any atom is -0.306 e. The van der Waals surface area contributed by atoms with Crippen molar-refractivity contribution in [2.24, 2.45) is 0 Å². The summed E-state index contributed by atoms with van der Waals surface area (Å²) in [4.78, 5) is 18.6. The van der Waals surface area contributed by atoms with Crippen LogP contribution in [0.2, 0.25) is 0 Å². The van der Waals surface area contributed by atoms with Crippen LogP contribution in [-0.4, -0.2) is 27.5 Å². The predicted molar refractivity (Wildman–Crippen MR) is 137 cm³/mol. The summed E-state index contributed by atoms with van der Waals surface area (Å²) in [5, 5.41) is 0. The molecule has 0 atom stereocenters. The zero-order valence-corrected chi connectivity index (χ0v) is 20.0. The standard InChI is InChI=1S/C29H39N3O/c33-28-30-26-16-10-11-17-27(26)32(28)25-18-22-31(23-19-25)29(24-14-8-7-9-15-24)20-12-5-3-1-2-4-6-13-21-29/h7-11,14-17,25H,1-6,12-13,18-23H2,(H,30,33). The molecule has 1 aromatic heterocycles. The van der Waals surface area contributed by atoms with Gasteiger partial charge in [0.2, 0.25) is 0 Å². The molecule has 2 aliphatic rings. The molecular formula is C29H39N3O. The van der Waals surface area contributed by atoms with Crippen LogP contribution >= 0.6 is 0 Å². The van der Waals surface area contributed by atoms with E-state index >= 15 is 0 Å². The van der Waals surface area contributed by atoms with Gasteiger partial charge in [0, 0.05) is 24.7 Å². The molecule has 0 amide bonds. The summed E-state index contributed by atoms with van der Waals surface area (Å²) in [6.45, 7) is 2.12. The van der Waals surface area contributed by atoms with E-state index in [0.29, 0.717) is 0 Å². The van der Waals surface area contributed by atoms with Crippen molar-refractivity contribution < 1.29 is 0 Å². The van der Waals surface area contributed by atoms with Gasteiger partial charge in [-0.25, -0.2) is 4.79 Å². The summed E-state index contributed by atoms with van der Waals surface area (Å²) in [6.07, 6.45) is 15.5. The summed E-state index contributed by atoms with van der Waals surface area (Å²) in [5.74, 6) is 0. The summed E-state index contributed by atoms with van der Waals surface area (Å²) in [6, 6.07) is 19.7. The number of hydrogen-bond acceptors (Lipinski definition) is 2. The Labute approximate surface area is 198 Å². The molecule has 3 aromatic rings. The maximum absolute atomic E-state index is 12.8. The fraction of sp³-hybridized carbons (Fsp3) is 0.552. The molecule has 2 fully saturated rings. The normalized spacial score (nSPS) is 21.6. The molecular weight excluding hydrogens is 406 g/mol. The lowest BCUT2D eigenvalue weighted by atomic mass is 9.77. The monoisotopic (exact) mass is 445 g/mol. The number of para-hydroxylation sites is 2. The predicted octanol–water partition coefficient (Wildman–Crippen LogP) is 6.78. The van der Waals surface area contributed by atoms with Crippen LogP contribution in [0.1, 0.15) is 88.7 Å². The van der Waals surface area contributed by atoms with E-state index in [-0.39, 0.29) is 17.3 Å². The van der Waals surface area contributed by atoms with Gasteiger partial charge in [-0.3, -0.25) is 9.47 Å². The maximum Gasteiger partial charge on any atom is 0.326 e. The number of aromatic nitrogens is 2. The SMILES string of the molecule is O=c1[nH]c2ccccc2n1C1CCN(C2(c3ccccc3)CCCCCCCCCC2)CC1. The van der Waals surface area contributed by atoms with E-state index in [4.69, 9.17) is 0 Å². The lowest BCUT2D eigenvalue weighted by Gasteiger charge is -2.48. The zero-order valence-electron chi connectivity index (χ0n) is 20.0. The quantitative estimate of drug-likeness (QED) is 0.483. The van der Waals surface area contributed by atoms with E-state index in [1.165, 1.54) is 69.8 Å². The average Bonchev–Trinajstić information content (AvgIpc) is 3.17. The largest absolute Gasteiger partial charge is 0.326 e. The highest BCUT2D eigenvalue weighted by atomic mass is 16.1. The number of imidazole rings is 1. The fourth-order valence-corrected chi connectivity index (χ4v) is 6.55. The number of nitrogens with zero attached hydrogens (tertiary/aromatic N) is 2. The van der Waals surface area contributed by atoms with Gasteiger partial charge in [-0.2, -0.15) is 0 Å². The molecule has 2 aromatic carbocycles. The first-order chi connectivity index (χ1) is 16.3. The smallest absolute Gasteiger partial charge is 0.306 e. The molecule has 0 radical (unpaired) electrons. The number of likely N-dealkylation sites (tertiary alicyclic amines) is 1. The van der Waals surface area contributed by atoms with Gasteiger partial charge in [-0.05, 0) is 43.4 Å². The first-order valence-corrected chi connectivity index (χ1v) is 13.3. The second-order valence-corrected chi connectivity index (χ2v) is 10.3. The molecule has 5 rings (SSSR count). The Bertz CT molecular complexity index is 1060. The molecule has 0 spiro atoms. The second-order valence-electron chi connectivity index (χ2n) is 10.3. The summed E-state index contributed by atoms with van der Waals surface area (Å²) >= 11 is 0. The van der Waals surface area contributed by atoms with Crippen LogP contribution in [0.15, 0.2) is 59.4 Å². The topological polar surface area (TPSA) is 41.0 Å². The lowest BCUT2D eigenvalue weighted by Crippen LogP contribution is -2.50. The molecule has 0 bridgehead atoms. The van der Waals surface area contributed by atoms with Gasteiger partial charge in [0.05, 0.1) is 11.0 Å². The van der Waals surface area contributed by atoms with Gasteiger partial charge in [-0.15, -0.1) is 0 Å². The highest BCUT2D eigenvalue weighted by Crippen LogP contribution is 2.42. The van der Waals surface area contributed by atoms with Crippen molar-refractivity contribution in [1.29, 1.82) is 0 Å². The van der Waals surface area contributed by atoms with Crippen LogP contribution in [0.4, 0.5) is 0 Å². The summed E-state index contributed by atoms with van der Waals surface area (Å²) in [5.41, 5.74) is 3.69. The van der Waals surface area contributed by atoms with Gasteiger partial charge in [0.25, 0.3) is 0 Å². The van der Waals surface area contributed by atoms with Crippen molar-refractivity contribution in [3.8, 4) is 0 Å². The molecule has 33 heavy (non-hydrogen) atoms. The molecule has 2 heterocycles. The number of aromatic amines is 1. The van der Waals surface area contributed by atoms with E-state index in [2.05, 4.69) is 46.3 Å². The Kier molecular flexibility index (Phi) is 7.01. The summed E-state index contributed by atoms with van der Waals surface area (Å²) < 4.78 is 2.03. The average molecular weight is 446 g/mol. The van der Waals surface area contributed by atoms with E-state index in [1.54, 1.807) is 0 Å². The van der Waals surface area contributed by atoms with Crippen LogP contribution in [0.3, 0.4) is 0 Å². The first kappa shape index (κ1) is 22.5. The molecule has 1 N–H and O–H groups in total. The van der Waals surface area contributed by atoms with Crippen LogP contribution in [0, 0.1) is 0 Å². The van der Waals surface area contributed by atoms with Gasteiger partial charge >= 0.3 is 5.69 Å². The van der Waals surface area contributed by atoms with Crippen molar-refractivity contribution in [3.05, 3.63) is 70.6 Å². The van der Waals surface area contributed by atoms with Crippen molar-refractivity contribution in [2.45, 2.75) is 88.6 Å². The number of piperidine rings is 1. The lowest BCUT2D eigenvalue weighted by molar-refractivity contribution is 0.0301. The Morgan fingerprint density at radius 1 is 0.727 bits per heavy atom. The molecule has 4 heteroatoms. The molecule has 1 saturated carbocycles. The van der Waals surface area contributed by atoms with E-state index in [9.17, 15) is 4.79 Å². The van der Waals surface area contributed by atoms with Crippen LogP contribution in [-0.2, 0) is 5.54 Å². The number of fused-ring (bicyclic) bond motifs is 1. The number of hydrogen-bond donors (Lipinski definition) is 1. The van der Waals surface area contributed by atoms with Gasteiger partial charge in [0.15, 0.2) is 0 Å². The Morgan fingerprint density at radius 2 is 1.30 bits per heavy atom. The third-order valence-electron chi connectivity index (χ3n) is 8.30. The second kappa shape index (κ2) is 10.3. The Hall–Kier alpha value is -2.33.